The second-order valence-electron chi connectivity index (χ2n) is 3.21. The van der Waals surface area contributed by atoms with Gasteiger partial charge >= 0.3 is 5.97 Å². The van der Waals surface area contributed by atoms with Crippen molar-refractivity contribution in [2.24, 2.45) is 0 Å². The lowest BCUT2D eigenvalue weighted by atomic mass is 10.3. The first-order valence-electron chi connectivity index (χ1n) is 4.68. The number of halogens is 1. The lowest BCUT2D eigenvalue weighted by Gasteiger charge is -2.07. The van der Waals surface area contributed by atoms with Crippen molar-refractivity contribution in [3.8, 4) is 0 Å². The van der Waals surface area contributed by atoms with Gasteiger partial charge in [0.05, 0.1) is 5.02 Å². The van der Waals surface area contributed by atoms with Crippen molar-refractivity contribution in [2.75, 3.05) is 11.9 Å². The summed E-state index contributed by atoms with van der Waals surface area (Å²) in [6.07, 6.45) is 2.37. The van der Waals surface area contributed by atoms with E-state index in [1.165, 1.54) is 0 Å². The lowest BCUT2D eigenvalue weighted by Crippen LogP contribution is -2.06. The van der Waals surface area contributed by atoms with Gasteiger partial charge < -0.3 is 10.4 Å². The van der Waals surface area contributed by atoms with Crippen LogP contribution in [0.1, 0.15) is 18.4 Å². The molecule has 15 heavy (non-hydrogen) atoms. The number of nitrogens with zero attached hydrogens (tertiary/aromatic N) is 1. The Bertz CT molecular complexity index is 355. The predicted octanol–water partition coefficient (Wildman–Crippen LogP) is 2.32. The molecule has 1 rings (SSSR count). The molecule has 0 aliphatic carbocycles. The van der Waals surface area contributed by atoms with E-state index in [-0.39, 0.29) is 6.42 Å². The maximum atomic E-state index is 10.3. The molecule has 2 N–H and O–H groups in total. The maximum Gasteiger partial charge on any atom is 0.303 e. The molecule has 0 bridgehead atoms. The molecule has 1 aromatic rings. The number of hydrogen-bond donors (Lipinski definition) is 2. The normalized spacial score (nSPS) is 10.0. The molecule has 82 valence electrons. The highest BCUT2D eigenvalue weighted by Crippen LogP contribution is 2.22. The van der Waals surface area contributed by atoms with Gasteiger partial charge in [0, 0.05) is 19.2 Å². The zero-order chi connectivity index (χ0) is 11.3. The van der Waals surface area contributed by atoms with E-state index in [9.17, 15) is 4.79 Å². The van der Waals surface area contributed by atoms with Crippen LogP contribution in [0.3, 0.4) is 0 Å². The van der Waals surface area contributed by atoms with Crippen LogP contribution in [0.4, 0.5) is 5.82 Å². The first-order chi connectivity index (χ1) is 7.11. The number of aromatic nitrogens is 1. The van der Waals surface area contributed by atoms with Crippen LogP contribution in [0.25, 0.3) is 0 Å². The van der Waals surface area contributed by atoms with Crippen molar-refractivity contribution in [2.45, 2.75) is 19.8 Å². The quantitative estimate of drug-likeness (QED) is 0.760. The van der Waals surface area contributed by atoms with E-state index in [0.29, 0.717) is 23.8 Å². The van der Waals surface area contributed by atoms with Crippen molar-refractivity contribution in [3.63, 3.8) is 0 Å². The van der Waals surface area contributed by atoms with Crippen LogP contribution in [-0.4, -0.2) is 22.6 Å². The molecule has 1 aromatic heterocycles. The second-order valence-corrected chi connectivity index (χ2v) is 3.59. The van der Waals surface area contributed by atoms with Gasteiger partial charge in [-0.1, -0.05) is 11.6 Å². The molecule has 5 heteroatoms. The molecule has 0 saturated carbocycles. The van der Waals surface area contributed by atoms with Crippen LogP contribution < -0.4 is 5.32 Å². The SMILES string of the molecule is Cc1ccnc(NCCCC(=O)O)c1Cl. The third-order valence-electron chi connectivity index (χ3n) is 1.94. The highest BCUT2D eigenvalue weighted by Gasteiger charge is 2.03. The maximum absolute atomic E-state index is 10.3. The van der Waals surface area contributed by atoms with Crippen LogP contribution >= 0.6 is 11.6 Å². The Hall–Kier alpha value is -1.29. The fourth-order valence-electron chi connectivity index (χ4n) is 1.11. The minimum absolute atomic E-state index is 0.149. The molecular weight excluding hydrogens is 216 g/mol. The topological polar surface area (TPSA) is 62.2 Å². The van der Waals surface area contributed by atoms with Gasteiger partial charge in [-0.3, -0.25) is 4.79 Å². The van der Waals surface area contributed by atoms with Crippen LogP contribution in [0.2, 0.25) is 5.02 Å². The van der Waals surface area contributed by atoms with E-state index in [1.54, 1.807) is 6.20 Å². The molecule has 4 nitrogen and oxygen atoms in total. The van der Waals surface area contributed by atoms with Gasteiger partial charge in [-0.15, -0.1) is 0 Å². The molecule has 0 saturated heterocycles. The molecule has 0 atom stereocenters. The number of carboxylic acid groups (broad SMARTS) is 1. The minimum Gasteiger partial charge on any atom is -0.481 e. The van der Waals surface area contributed by atoms with Crippen LogP contribution in [-0.2, 0) is 4.79 Å². The average molecular weight is 229 g/mol. The minimum atomic E-state index is -0.792. The first-order valence-corrected chi connectivity index (χ1v) is 5.06. The summed E-state index contributed by atoms with van der Waals surface area (Å²) in [5.41, 5.74) is 0.951. The van der Waals surface area contributed by atoms with Crippen molar-refractivity contribution >= 4 is 23.4 Å². The van der Waals surface area contributed by atoms with Crippen molar-refractivity contribution in [1.82, 2.24) is 4.98 Å². The monoisotopic (exact) mass is 228 g/mol. The Kier molecular flexibility index (Phi) is 4.37. The lowest BCUT2D eigenvalue weighted by molar-refractivity contribution is -0.137. The summed E-state index contributed by atoms with van der Waals surface area (Å²) < 4.78 is 0. The Balaban J connectivity index is 2.44. The predicted molar refractivity (Wildman–Crippen MR) is 59.3 cm³/mol. The van der Waals surface area contributed by atoms with Gasteiger partial charge in [0.2, 0.25) is 0 Å². The summed E-state index contributed by atoms with van der Waals surface area (Å²) in [4.78, 5) is 14.3. The van der Waals surface area contributed by atoms with Gasteiger partial charge in [-0.25, -0.2) is 4.98 Å². The fourth-order valence-corrected chi connectivity index (χ4v) is 1.29. The van der Waals surface area contributed by atoms with Gasteiger partial charge in [0.15, 0.2) is 0 Å². The van der Waals surface area contributed by atoms with E-state index in [1.807, 2.05) is 13.0 Å². The zero-order valence-electron chi connectivity index (χ0n) is 8.46. The van der Waals surface area contributed by atoms with Crippen LogP contribution in [0, 0.1) is 6.92 Å². The summed E-state index contributed by atoms with van der Waals surface area (Å²) >= 11 is 5.99. The summed E-state index contributed by atoms with van der Waals surface area (Å²) in [5, 5.41) is 12.0. The number of aryl methyl sites for hydroxylation is 1. The number of aliphatic carboxylic acids is 1. The summed E-state index contributed by atoms with van der Waals surface area (Å²) in [6, 6.07) is 1.82. The molecular formula is C10H13ClN2O2. The number of nitrogens with one attached hydrogen (secondary N) is 1. The summed E-state index contributed by atoms with van der Waals surface area (Å²) in [7, 11) is 0. The van der Waals surface area contributed by atoms with Crippen LogP contribution in [0.15, 0.2) is 12.3 Å². The summed E-state index contributed by atoms with van der Waals surface area (Å²) in [6.45, 7) is 2.45. The largest absolute Gasteiger partial charge is 0.481 e. The third-order valence-corrected chi connectivity index (χ3v) is 2.42. The molecule has 1 heterocycles. The van der Waals surface area contributed by atoms with E-state index in [2.05, 4.69) is 10.3 Å². The number of hydrogen-bond acceptors (Lipinski definition) is 3. The van der Waals surface area contributed by atoms with E-state index in [0.717, 1.165) is 5.56 Å². The molecule has 0 aliphatic rings. The highest BCUT2D eigenvalue weighted by atomic mass is 35.5. The Morgan fingerprint density at radius 1 is 1.67 bits per heavy atom. The van der Waals surface area contributed by atoms with Crippen LogP contribution in [0.5, 0.6) is 0 Å². The van der Waals surface area contributed by atoms with E-state index < -0.39 is 5.97 Å². The second kappa shape index (κ2) is 5.56. The van der Waals surface area contributed by atoms with Gasteiger partial charge in [0.1, 0.15) is 5.82 Å². The third kappa shape index (κ3) is 3.75. The van der Waals surface area contributed by atoms with E-state index in [4.69, 9.17) is 16.7 Å². The molecule has 0 radical (unpaired) electrons. The summed E-state index contributed by atoms with van der Waals surface area (Å²) in [5.74, 6) is -0.179. The molecule has 0 unspecified atom stereocenters. The Morgan fingerprint density at radius 2 is 2.40 bits per heavy atom. The van der Waals surface area contributed by atoms with Gasteiger partial charge in [0.25, 0.3) is 0 Å². The highest BCUT2D eigenvalue weighted by molar-refractivity contribution is 6.33. The molecule has 0 fully saturated rings. The van der Waals surface area contributed by atoms with Crippen molar-refractivity contribution in [3.05, 3.63) is 22.8 Å². The fraction of sp³-hybridized carbons (Fsp3) is 0.400. The first kappa shape index (κ1) is 11.8. The number of anilines is 1. The van der Waals surface area contributed by atoms with Gasteiger partial charge in [-0.05, 0) is 25.0 Å². The van der Waals surface area contributed by atoms with Crippen molar-refractivity contribution in [1.29, 1.82) is 0 Å². The number of pyridine rings is 1. The zero-order valence-corrected chi connectivity index (χ0v) is 9.21. The molecule has 0 aromatic carbocycles. The molecule has 0 spiro atoms. The molecule has 0 aliphatic heterocycles. The van der Waals surface area contributed by atoms with E-state index >= 15 is 0 Å². The number of carbonyl (C=O) groups is 1. The number of carboxylic acids is 1. The number of rotatable bonds is 5. The van der Waals surface area contributed by atoms with Gasteiger partial charge in [-0.2, -0.15) is 0 Å². The van der Waals surface area contributed by atoms with Crippen molar-refractivity contribution < 1.29 is 9.90 Å². The smallest absolute Gasteiger partial charge is 0.303 e. The average Bonchev–Trinajstić information content (AvgIpc) is 2.18. The Morgan fingerprint density at radius 3 is 3.07 bits per heavy atom. The molecule has 0 amide bonds. The Labute approximate surface area is 93.3 Å². The standard InChI is InChI=1S/C10H13ClN2O2/c1-7-4-6-13-10(9(7)11)12-5-2-3-8(14)15/h4,6H,2-3,5H2,1H3,(H,12,13)(H,14,15).